The van der Waals surface area contributed by atoms with E-state index in [0.717, 1.165) is 0 Å². The van der Waals surface area contributed by atoms with E-state index in [-0.39, 0.29) is 65.4 Å². The molecule has 0 spiro atoms. The first-order valence-electron chi connectivity index (χ1n) is 1.89. The van der Waals surface area contributed by atoms with Crippen LogP contribution in [0.15, 0.2) is 0 Å². The number of carbonyl (C=O) groups excluding carboxylic acids is 1. The van der Waals surface area contributed by atoms with Crippen LogP contribution in [-0.2, 0) is 70.2 Å². The Morgan fingerprint density at radius 1 is 1.44 bits per heavy atom. The van der Waals surface area contributed by atoms with E-state index in [2.05, 4.69) is 13.8 Å². The second kappa shape index (κ2) is 22.4. The summed E-state index contributed by atoms with van der Waals surface area (Å²) in [6, 6.07) is 1.42. The fraction of sp³-hybridized carbons (Fsp3) is 0.400. The van der Waals surface area contributed by atoms with Crippen LogP contribution in [0.1, 0.15) is 6.92 Å². The fourth-order valence-corrected chi connectivity index (χ4v) is 0. The Bertz CT molecular complexity index is 39.2. The van der Waals surface area contributed by atoms with E-state index in [9.17, 15) is 0 Å². The zero-order chi connectivity index (χ0) is 6.28. The van der Waals surface area contributed by atoms with Crippen LogP contribution >= 0.6 is 9.24 Å². The summed E-state index contributed by atoms with van der Waals surface area (Å²) in [4.78, 5) is 8.64. The van der Waals surface area contributed by atoms with E-state index in [1.54, 1.807) is 9.24 Å². The van der Waals surface area contributed by atoms with Gasteiger partial charge in [0.25, 0.3) is 0 Å². The molecule has 0 bridgehead atoms. The molecule has 4 heteroatoms. The van der Waals surface area contributed by atoms with Gasteiger partial charge in [0, 0.05) is 65.4 Å². The van der Waals surface area contributed by atoms with Gasteiger partial charge >= 0.3 is 0 Å². The number of hydrogen-bond donors (Lipinski definition) is 0. The average Bonchev–Trinajstić information content (AvgIpc) is 1.33. The molecule has 50 valence electrons. The monoisotopic (exact) mass is 295 g/mol. The van der Waals surface area contributed by atoms with Gasteiger partial charge in [-0.1, -0.05) is 0 Å². The minimum absolute atomic E-state index is 0. The van der Waals surface area contributed by atoms with Crippen molar-refractivity contribution in [2.45, 2.75) is 6.92 Å². The minimum Gasteiger partial charge on any atom is -0.537 e. The van der Waals surface area contributed by atoms with Crippen molar-refractivity contribution >= 4 is 15.3 Å². The van der Waals surface area contributed by atoms with Crippen molar-refractivity contribution in [1.82, 2.24) is 0 Å². The maximum absolute atomic E-state index is 8.64. The number of rotatable bonds is 0. The molecule has 0 saturated heterocycles. The van der Waals surface area contributed by atoms with E-state index < -0.39 is 0 Å². The molecule has 0 aromatic carbocycles. The Labute approximate surface area is 110 Å². The maximum Gasteiger partial charge on any atom is 0 e. The van der Waals surface area contributed by atoms with Crippen molar-refractivity contribution in [1.29, 1.82) is 0 Å². The van der Waals surface area contributed by atoms with Gasteiger partial charge in [0.2, 0.25) is 0 Å². The normalized spacial score (nSPS) is 5.44. The van der Waals surface area contributed by atoms with Crippen molar-refractivity contribution in [3.63, 3.8) is 0 Å². The molecule has 0 aliphatic carbocycles. The summed E-state index contributed by atoms with van der Waals surface area (Å²) < 4.78 is 0. The third-order valence-corrected chi connectivity index (χ3v) is 0. The van der Waals surface area contributed by atoms with Crippen LogP contribution in [-0.4, -0.2) is 6.03 Å². The molecule has 1 unspecified atom stereocenters. The molecule has 0 rings (SSSR count). The Morgan fingerprint density at radius 3 is 1.44 bits per heavy atom. The summed E-state index contributed by atoms with van der Waals surface area (Å²) >= 11 is 0. The van der Waals surface area contributed by atoms with Gasteiger partial charge in [-0.25, -0.2) is 6.03 Å². The molecule has 0 aromatic rings. The second-order valence-corrected chi connectivity index (χ2v) is 1.46. The van der Waals surface area contributed by atoms with E-state index in [4.69, 9.17) is 4.79 Å². The van der Waals surface area contributed by atoms with Crippen molar-refractivity contribution in [2.24, 2.45) is 5.92 Å². The largest absolute Gasteiger partial charge is 0.537 e. The summed E-state index contributed by atoms with van der Waals surface area (Å²) in [5.74, 6) is 0.333. The van der Waals surface area contributed by atoms with Gasteiger partial charge in [-0.05, 0) is 0 Å². The molecule has 2 radical (unpaired) electrons. The van der Waals surface area contributed by atoms with Crippen LogP contribution in [0.2, 0.25) is 0 Å². The molecule has 0 N–H and O–H groups in total. The molecule has 0 saturated carbocycles. The molecule has 1 nitrogen and oxygen atoms in total. The molecular formula is C5H10OPY2-3. The van der Waals surface area contributed by atoms with Crippen LogP contribution in [0.3, 0.4) is 0 Å². The smallest absolute Gasteiger partial charge is 0 e. The number of hydrogen-bond acceptors (Lipinski definition) is 1. The third kappa shape index (κ3) is 134. The molecule has 0 aliphatic heterocycles. The first-order chi connectivity index (χ1) is 3.15. The molecule has 0 aromatic heterocycles. The van der Waals surface area contributed by atoms with E-state index in [1.807, 2.05) is 6.92 Å². The van der Waals surface area contributed by atoms with E-state index >= 15 is 0 Å². The van der Waals surface area contributed by atoms with Gasteiger partial charge in [-0.3, -0.25) is 9.24 Å². The molecule has 1 atom stereocenters. The standard InChI is InChI=1S/C4H8.CH2OP.2Y/c1-4(2)3;2-1-3;;/h4H,1-2H2,3H3;3H2;;/q-2;-1;;. The molecular weight excluding hydrogens is 285 g/mol. The van der Waals surface area contributed by atoms with Crippen LogP contribution < -0.4 is 0 Å². The van der Waals surface area contributed by atoms with Crippen LogP contribution in [0.25, 0.3) is 0 Å². The SMILES string of the molecule is O=[C-]P.[CH2-]C([CH2-])C.[Y].[Y]. The molecule has 0 fully saturated rings. The van der Waals surface area contributed by atoms with Crippen LogP contribution in [0.5, 0.6) is 0 Å². The van der Waals surface area contributed by atoms with Crippen molar-refractivity contribution < 1.29 is 70.2 Å². The fourth-order valence-electron chi connectivity index (χ4n) is 0. The van der Waals surface area contributed by atoms with Gasteiger partial charge in [0.1, 0.15) is 0 Å². The van der Waals surface area contributed by atoms with Crippen molar-refractivity contribution in [3.8, 4) is 0 Å². The van der Waals surface area contributed by atoms with Crippen molar-refractivity contribution in [2.75, 3.05) is 0 Å². The summed E-state index contributed by atoms with van der Waals surface area (Å²) in [5, 5.41) is 0. The summed E-state index contributed by atoms with van der Waals surface area (Å²) in [5.41, 5.74) is 0. The second-order valence-electron chi connectivity index (χ2n) is 1.22. The molecule has 0 aliphatic rings. The Morgan fingerprint density at radius 2 is 1.44 bits per heavy atom. The Hall–Kier alpha value is 2.31. The Balaban J connectivity index is -0.0000000233. The zero-order valence-electron chi connectivity index (χ0n) is 5.63. The molecule has 0 amide bonds. The van der Waals surface area contributed by atoms with E-state index in [1.165, 1.54) is 6.03 Å². The first kappa shape index (κ1) is 22.5. The van der Waals surface area contributed by atoms with Crippen LogP contribution in [0.4, 0.5) is 0 Å². The summed E-state index contributed by atoms with van der Waals surface area (Å²) in [7, 11) is 1.77. The molecule has 0 heterocycles. The van der Waals surface area contributed by atoms with Crippen LogP contribution in [0, 0.1) is 19.8 Å². The van der Waals surface area contributed by atoms with Gasteiger partial charge in [-0.2, -0.15) is 0 Å². The van der Waals surface area contributed by atoms with Crippen molar-refractivity contribution in [3.05, 3.63) is 13.8 Å². The zero-order valence-corrected chi connectivity index (χ0v) is 12.5. The van der Waals surface area contributed by atoms with Gasteiger partial charge in [-0.15, -0.1) is 6.92 Å². The van der Waals surface area contributed by atoms with Gasteiger partial charge in [0.05, 0.1) is 0 Å². The minimum atomic E-state index is 0. The summed E-state index contributed by atoms with van der Waals surface area (Å²) in [6.45, 7) is 9.00. The quantitative estimate of drug-likeness (QED) is 0.485. The Kier molecular flexibility index (Phi) is 56.1. The predicted octanol–water partition coefficient (Wildman–Crippen LogP) is 1.21. The van der Waals surface area contributed by atoms with Gasteiger partial charge < -0.3 is 24.6 Å². The topological polar surface area (TPSA) is 17.1 Å². The average molecular weight is 295 g/mol. The third-order valence-electron chi connectivity index (χ3n) is 0. The maximum atomic E-state index is 8.64. The molecule has 9 heavy (non-hydrogen) atoms. The summed E-state index contributed by atoms with van der Waals surface area (Å²) in [6.07, 6.45) is 0. The van der Waals surface area contributed by atoms with E-state index in [0.29, 0.717) is 5.92 Å². The first-order valence-corrected chi connectivity index (χ1v) is 2.46. The van der Waals surface area contributed by atoms with Gasteiger partial charge in [0.15, 0.2) is 0 Å². The predicted molar refractivity (Wildman–Crippen MR) is 35.3 cm³/mol.